The van der Waals surface area contributed by atoms with Gasteiger partial charge in [-0.1, -0.05) is 47.0 Å². The van der Waals surface area contributed by atoms with Crippen LogP contribution < -0.4 is 4.72 Å². The van der Waals surface area contributed by atoms with E-state index in [1.807, 2.05) is 6.08 Å². The van der Waals surface area contributed by atoms with Crippen molar-refractivity contribution in [2.24, 2.45) is 0 Å². The Morgan fingerprint density at radius 2 is 2.12 bits per heavy atom. The Morgan fingerprint density at radius 1 is 1.44 bits per heavy atom. The van der Waals surface area contributed by atoms with E-state index in [1.165, 1.54) is 0 Å². The van der Waals surface area contributed by atoms with Crippen LogP contribution in [0, 0.1) is 0 Å². The molecule has 0 aromatic heterocycles. The van der Waals surface area contributed by atoms with E-state index in [9.17, 15) is 8.42 Å². The second kappa shape index (κ2) is 5.89. The molecule has 0 bridgehead atoms. The smallest absolute Gasteiger partial charge is 0.254 e. The molecule has 0 aliphatic heterocycles. The molecule has 1 rings (SSSR count). The summed E-state index contributed by atoms with van der Waals surface area (Å²) in [5, 5.41) is 0. The van der Waals surface area contributed by atoms with Gasteiger partial charge in [0.05, 0.1) is 0 Å². The summed E-state index contributed by atoms with van der Waals surface area (Å²) in [6, 6.07) is -0.242. The Balaban J connectivity index is 2.45. The van der Waals surface area contributed by atoms with E-state index in [1.54, 1.807) is 6.08 Å². The molecule has 1 atom stereocenters. The summed E-state index contributed by atoms with van der Waals surface area (Å²) >= 11 is 16.1. The quantitative estimate of drug-likeness (QED) is 0.640. The van der Waals surface area contributed by atoms with Gasteiger partial charge in [-0.15, -0.1) is 0 Å². The van der Waals surface area contributed by atoms with Gasteiger partial charge < -0.3 is 0 Å². The molecule has 0 fully saturated rings. The van der Waals surface area contributed by atoms with Crippen LogP contribution in [0.25, 0.3) is 0 Å². The number of rotatable bonds is 4. The molecule has 8 heteroatoms. The number of hydrogen-bond donors (Lipinski definition) is 1. The fourth-order valence-electron chi connectivity index (χ4n) is 1.27. The van der Waals surface area contributed by atoms with Crippen molar-refractivity contribution >= 4 is 45.1 Å². The van der Waals surface area contributed by atoms with E-state index in [0.717, 1.165) is 19.3 Å². The molecule has 16 heavy (non-hydrogen) atoms. The van der Waals surface area contributed by atoms with Crippen molar-refractivity contribution in [3.8, 4) is 0 Å². The van der Waals surface area contributed by atoms with Crippen molar-refractivity contribution in [1.29, 1.82) is 0 Å². The SMILES string of the molecule is O=S(=O)(NC1C=CCCC1)OCC(Cl)(Cl)Cl. The molecular formula is C8H12Cl3NO3S. The molecule has 0 saturated heterocycles. The van der Waals surface area contributed by atoms with Crippen molar-refractivity contribution in [3.63, 3.8) is 0 Å². The molecule has 1 aliphatic rings. The zero-order chi connectivity index (χ0) is 12.2. The van der Waals surface area contributed by atoms with Crippen molar-refractivity contribution < 1.29 is 12.6 Å². The maximum atomic E-state index is 11.4. The summed E-state index contributed by atoms with van der Waals surface area (Å²) in [7, 11) is -3.87. The van der Waals surface area contributed by atoms with Crippen LogP contribution in [0.15, 0.2) is 12.2 Å². The molecule has 0 amide bonds. The van der Waals surface area contributed by atoms with Gasteiger partial charge >= 0.3 is 10.3 Å². The maximum Gasteiger partial charge on any atom is 0.336 e. The third kappa shape index (κ3) is 6.27. The highest BCUT2D eigenvalue weighted by atomic mass is 35.6. The number of alkyl halides is 3. The van der Waals surface area contributed by atoms with Crippen LogP contribution in [-0.4, -0.2) is 24.9 Å². The van der Waals surface area contributed by atoms with Gasteiger partial charge in [0.25, 0.3) is 0 Å². The van der Waals surface area contributed by atoms with Gasteiger partial charge in [0.1, 0.15) is 6.61 Å². The molecule has 0 radical (unpaired) electrons. The van der Waals surface area contributed by atoms with E-state index >= 15 is 0 Å². The van der Waals surface area contributed by atoms with Gasteiger partial charge in [-0.3, -0.25) is 4.18 Å². The molecule has 94 valence electrons. The average molecular weight is 309 g/mol. The summed E-state index contributed by atoms with van der Waals surface area (Å²) in [4.78, 5) is 0. The summed E-state index contributed by atoms with van der Waals surface area (Å²) in [5.41, 5.74) is 0. The average Bonchev–Trinajstić information content (AvgIpc) is 2.15. The lowest BCUT2D eigenvalue weighted by Gasteiger charge is -2.18. The maximum absolute atomic E-state index is 11.4. The van der Waals surface area contributed by atoms with Crippen molar-refractivity contribution in [1.82, 2.24) is 4.72 Å². The van der Waals surface area contributed by atoms with Crippen LogP contribution >= 0.6 is 34.8 Å². The van der Waals surface area contributed by atoms with Crippen molar-refractivity contribution in [3.05, 3.63) is 12.2 Å². The topological polar surface area (TPSA) is 55.4 Å². The Labute approximate surface area is 110 Å². The molecule has 0 spiro atoms. The molecule has 0 aromatic rings. The lowest BCUT2D eigenvalue weighted by atomic mass is 10.0. The predicted molar refractivity (Wildman–Crippen MR) is 65.1 cm³/mol. The van der Waals surface area contributed by atoms with E-state index < -0.39 is 20.7 Å². The predicted octanol–water partition coefficient (Wildman–Crippen LogP) is 2.32. The summed E-state index contributed by atoms with van der Waals surface area (Å²) in [6.45, 7) is -0.510. The summed E-state index contributed by atoms with van der Waals surface area (Å²) < 4.78 is 27.9. The first-order chi connectivity index (χ1) is 7.29. The van der Waals surface area contributed by atoms with Gasteiger partial charge in [-0.2, -0.15) is 13.1 Å². The Bertz CT molecular complexity index is 350. The van der Waals surface area contributed by atoms with Crippen LogP contribution in [-0.2, 0) is 14.5 Å². The number of hydrogen-bond acceptors (Lipinski definition) is 3. The highest BCUT2D eigenvalue weighted by Gasteiger charge is 2.25. The molecule has 0 heterocycles. The number of allylic oxidation sites excluding steroid dienone is 1. The van der Waals surface area contributed by atoms with Crippen LogP contribution in [0.4, 0.5) is 0 Å². The molecule has 1 aliphatic carbocycles. The molecule has 1 unspecified atom stereocenters. The third-order valence-electron chi connectivity index (χ3n) is 1.93. The first-order valence-corrected chi connectivity index (χ1v) is 7.23. The number of halogens is 3. The normalized spacial score (nSPS) is 22.3. The van der Waals surface area contributed by atoms with Gasteiger partial charge in [0.15, 0.2) is 0 Å². The fourth-order valence-corrected chi connectivity index (χ4v) is 2.60. The zero-order valence-corrected chi connectivity index (χ0v) is 11.4. The summed E-state index contributed by atoms with van der Waals surface area (Å²) in [6.07, 6.45) is 6.36. The monoisotopic (exact) mass is 307 g/mol. The largest absolute Gasteiger partial charge is 0.336 e. The van der Waals surface area contributed by atoms with E-state index in [0.29, 0.717) is 0 Å². The third-order valence-corrected chi connectivity index (χ3v) is 3.27. The molecule has 0 saturated carbocycles. The molecule has 4 nitrogen and oxygen atoms in total. The van der Waals surface area contributed by atoms with E-state index in [4.69, 9.17) is 34.8 Å². The van der Waals surface area contributed by atoms with E-state index in [2.05, 4.69) is 8.91 Å². The van der Waals surface area contributed by atoms with Crippen LogP contribution in [0.2, 0.25) is 0 Å². The van der Waals surface area contributed by atoms with Crippen LogP contribution in [0.5, 0.6) is 0 Å². The minimum Gasteiger partial charge on any atom is -0.254 e. The highest BCUT2D eigenvalue weighted by Crippen LogP contribution is 2.26. The second-order valence-corrected chi connectivity index (χ2v) is 7.31. The Kier molecular flexibility index (Phi) is 5.35. The lowest BCUT2D eigenvalue weighted by Crippen LogP contribution is -2.36. The van der Waals surface area contributed by atoms with Crippen molar-refractivity contribution in [2.45, 2.75) is 29.1 Å². The Hall–Kier alpha value is 0.480. The first-order valence-electron chi connectivity index (χ1n) is 4.69. The second-order valence-electron chi connectivity index (χ2n) is 3.41. The van der Waals surface area contributed by atoms with Gasteiger partial charge in [0.2, 0.25) is 3.79 Å². The highest BCUT2D eigenvalue weighted by molar-refractivity contribution is 7.84. The van der Waals surface area contributed by atoms with Gasteiger partial charge in [-0.25, -0.2) is 0 Å². The zero-order valence-electron chi connectivity index (χ0n) is 8.33. The first kappa shape index (κ1) is 14.5. The standard InChI is InChI=1S/C8H12Cl3NO3S/c9-8(10,11)6-15-16(13,14)12-7-4-2-1-3-5-7/h2,4,7,12H,1,3,5-6H2. The van der Waals surface area contributed by atoms with Crippen LogP contribution in [0.1, 0.15) is 19.3 Å². The number of nitrogens with one attached hydrogen (secondary N) is 1. The minimum atomic E-state index is -3.87. The van der Waals surface area contributed by atoms with Gasteiger partial charge in [0, 0.05) is 6.04 Å². The Morgan fingerprint density at radius 3 is 2.62 bits per heavy atom. The molecule has 0 aromatic carbocycles. The summed E-state index contributed by atoms with van der Waals surface area (Å²) in [5.74, 6) is 0. The molecule has 1 N–H and O–H groups in total. The fraction of sp³-hybridized carbons (Fsp3) is 0.750. The lowest BCUT2D eigenvalue weighted by molar-refractivity contribution is 0.314. The van der Waals surface area contributed by atoms with Crippen molar-refractivity contribution in [2.75, 3.05) is 6.61 Å². The van der Waals surface area contributed by atoms with Crippen LogP contribution in [0.3, 0.4) is 0 Å². The molecular weight excluding hydrogens is 297 g/mol. The van der Waals surface area contributed by atoms with E-state index in [-0.39, 0.29) is 6.04 Å². The minimum absolute atomic E-state index is 0.242. The van der Waals surface area contributed by atoms with Gasteiger partial charge in [-0.05, 0) is 19.3 Å².